The van der Waals surface area contributed by atoms with Gasteiger partial charge in [0.25, 0.3) is 0 Å². The van der Waals surface area contributed by atoms with Crippen LogP contribution in [0.3, 0.4) is 0 Å². The fraction of sp³-hybridized carbons (Fsp3) is 0.692. The van der Waals surface area contributed by atoms with Crippen molar-refractivity contribution in [3.63, 3.8) is 0 Å². The number of nitrogens with zero attached hydrogens (tertiary/aromatic N) is 3. The molecule has 1 atom stereocenters. The standard InChI is InChI=1S/C13H20ClN3O2/c1-4-17-10(11(14)9(2)15-17)7-16-6-5-13(3,8-16)12(18)19/h4-8H2,1-3H3,(H,18,19). The van der Waals surface area contributed by atoms with E-state index in [9.17, 15) is 9.90 Å². The molecule has 0 aliphatic carbocycles. The maximum absolute atomic E-state index is 11.2. The molecule has 1 unspecified atom stereocenters. The van der Waals surface area contributed by atoms with E-state index < -0.39 is 11.4 Å². The van der Waals surface area contributed by atoms with Crippen molar-refractivity contribution in [2.75, 3.05) is 13.1 Å². The second-order valence-electron chi connectivity index (χ2n) is 5.49. The number of rotatable bonds is 4. The molecule has 0 radical (unpaired) electrons. The van der Waals surface area contributed by atoms with Crippen LogP contribution in [0.5, 0.6) is 0 Å². The van der Waals surface area contributed by atoms with Crippen LogP contribution in [0.1, 0.15) is 31.7 Å². The Morgan fingerprint density at radius 2 is 2.26 bits per heavy atom. The third-order valence-corrected chi connectivity index (χ3v) is 4.39. The molecule has 1 aromatic heterocycles. The third kappa shape index (κ3) is 2.62. The van der Waals surface area contributed by atoms with Gasteiger partial charge in [-0.1, -0.05) is 11.6 Å². The van der Waals surface area contributed by atoms with Gasteiger partial charge in [0.1, 0.15) is 0 Å². The summed E-state index contributed by atoms with van der Waals surface area (Å²) >= 11 is 6.28. The summed E-state index contributed by atoms with van der Waals surface area (Å²) in [6.45, 7) is 8.50. The zero-order valence-electron chi connectivity index (χ0n) is 11.6. The summed E-state index contributed by atoms with van der Waals surface area (Å²) in [6, 6.07) is 0. The first-order valence-corrected chi connectivity index (χ1v) is 6.92. The zero-order valence-corrected chi connectivity index (χ0v) is 12.4. The van der Waals surface area contributed by atoms with Crippen LogP contribution in [0.25, 0.3) is 0 Å². The van der Waals surface area contributed by atoms with Gasteiger partial charge in [-0.05, 0) is 33.7 Å². The minimum Gasteiger partial charge on any atom is -0.481 e. The van der Waals surface area contributed by atoms with E-state index in [4.69, 9.17) is 11.6 Å². The van der Waals surface area contributed by atoms with Gasteiger partial charge in [-0.25, -0.2) is 0 Å². The first-order chi connectivity index (χ1) is 8.87. The number of hydrogen-bond donors (Lipinski definition) is 1. The van der Waals surface area contributed by atoms with E-state index in [1.807, 2.05) is 18.5 Å². The number of aliphatic carboxylic acids is 1. The highest BCUT2D eigenvalue weighted by atomic mass is 35.5. The minimum absolute atomic E-state index is 0.562. The summed E-state index contributed by atoms with van der Waals surface area (Å²) in [6.07, 6.45) is 0.680. The Labute approximate surface area is 118 Å². The summed E-state index contributed by atoms with van der Waals surface area (Å²) in [4.78, 5) is 13.4. The number of carboxylic acid groups (broad SMARTS) is 1. The maximum atomic E-state index is 11.2. The molecule has 6 heteroatoms. The molecule has 1 saturated heterocycles. The van der Waals surface area contributed by atoms with Gasteiger partial charge in [-0.3, -0.25) is 14.4 Å². The summed E-state index contributed by atoms with van der Waals surface area (Å²) in [7, 11) is 0. The summed E-state index contributed by atoms with van der Waals surface area (Å²) in [5.74, 6) is -0.721. The smallest absolute Gasteiger partial charge is 0.310 e. The largest absolute Gasteiger partial charge is 0.481 e. The molecule has 1 aromatic rings. The highest BCUT2D eigenvalue weighted by molar-refractivity contribution is 6.31. The van der Waals surface area contributed by atoms with Crippen molar-refractivity contribution >= 4 is 17.6 Å². The van der Waals surface area contributed by atoms with E-state index in [0.717, 1.165) is 24.5 Å². The van der Waals surface area contributed by atoms with Crippen molar-refractivity contribution in [2.45, 2.75) is 40.3 Å². The minimum atomic E-state index is -0.721. The van der Waals surface area contributed by atoms with Crippen molar-refractivity contribution in [1.82, 2.24) is 14.7 Å². The van der Waals surface area contributed by atoms with Gasteiger partial charge < -0.3 is 5.11 Å². The van der Waals surface area contributed by atoms with Gasteiger partial charge in [0.2, 0.25) is 0 Å². The molecule has 0 amide bonds. The van der Waals surface area contributed by atoms with Crippen molar-refractivity contribution in [3.8, 4) is 0 Å². The Hall–Kier alpha value is -1.07. The fourth-order valence-corrected chi connectivity index (χ4v) is 2.79. The van der Waals surface area contributed by atoms with Crippen LogP contribution >= 0.6 is 11.6 Å². The van der Waals surface area contributed by atoms with E-state index >= 15 is 0 Å². The van der Waals surface area contributed by atoms with Crippen molar-refractivity contribution in [1.29, 1.82) is 0 Å². The maximum Gasteiger partial charge on any atom is 0.310 e. The topological polar surface area (TPSA) is 58.4 Å². The van der Waals surface area contributed by atoms with Crippen LogP contribution in [0, 0.1) is 12.3 Å². The Kier molecular flexibility index (Phi) is 3.87. The molecule has 1 N–H and O–H groups in total. The van der Waals surface area contributed by atoms with Crippen LogP contribution in [-0.4, -0.2) is 38.8 Å². The molecular weight excluding hydrogens is 266 g/mol. The van der Waals surface area contributed by atoms with Crippen molar-refractivity contribution in [3.05, 3.63) is 16.4 Å². The van der Waals surface area contributed by atoms with Crippen LogP contribution < -0.4 is 0 Å². The molecule has 2 heterocycles. The van der Waals surface area contributed by atoms with Crippen LogP contribution in [-0.2, 0) is 17.9 Å². The zero-order chi connectivity index (χ0) is 14.2. The van der Waals surface area contributed by atoms with Gasteiger partial charge in [0, 0.05) is 19.6 Å². The summed E-state index contributed by atoms with van der Waals surface area (Å²) < 4.78 is 1.90. The number of halogens is 1. The van der Waals surface area contributed by atoms with Gasteiger partial charge in [0.15, 0.2) is 0 Å². The van der Waals surface area contributed by atoms with Crippen LogP contribution in [0.15, 0.2) is 0 Å². The first kappa shape index (κ1) is 14.3. The molecule has 5 nitrogen and oxygen atoms in total. The number of carboxylic acids is 1. The van der Waals surface area contributed by atoms with E-state index in [1.165, 1.54) is 0 Å². The van der Waals surface area contributed by atoms with E-state index in [1.54, 1.807) is 6.92 Å². The predicted molar refractivity (Wildman–Crippen MR) is 73.3 cm³/mol. The number of aryl methyl sites for hydroxylation is 2. The quantitative estimate of drug-likeness (QED) is 0.921. The van der Waals surface area contributed by atoms with E-state index in [-0.39, 0.29) is 0 Å². The van der Waals surface area contributed by atoms with Gasteiger partial charge in [-0.2, -0.15) is 5.10 Å². The lowest BCUT2D eigenvalue weighted by atomic mass is 9.90. The molecule has 0 bridgehead atoms. The molecule has 19 heavy (non-hydrogen) atoms. The lowest BCUT2D eigenvalue weighted by Gasteiger charge is -2.20. The molecule has 106 valence electrons. The summed E-state index contributed by atoms with van der Waals surface area (Å²) in [5, 5.41) is 14.3. The normalized spacial score (nSPS) is 24.0. The number of carbonyl (C=O) groups is 1. The van der Waals surface area contributed by atoms with Gasteiger partial charge in [-0.15, -0.1) is 0 Å². The summed E-state index contributed by atoms with van der Waals surface area (Å²) in [5.41, 5.74) is 1.17. The van der Waals surface area contributed by atoms with Gasteiger partial charge >= 0.3 is 5.97 Å². The average Bonchev–Trinajstić information content (AvgIpc) is 2.86. The van der Waals surface area contributed by atoms with Gasteiger partial charge in [0.05, 0.1) is 21.8 Å². The second kappa shape index (κ2) is 5.13. The Bertz CT molecular complexity index is 500. The fourth-order valence-electron chi connectivity index (χ4n) is 2.60. The van der Waals surface area contributed by atoms with Crippen LogP contribution in [0.2, 0.25) is 5.02 Å². The number of likely N-dealkylation sites (tertiary alicyclic amines) is 1. The van der Waals surface area contributed by atoms with Crippen molar-refractivity contribution < 1.29 is 9.90 Å². The molecule has 1 fully saturated rings. The Morgan fingerprint density at radius 1 is 1.58 bits per heavy atom. The molecule has 0 aromatic carbocycles. The molecule has 2 rings (SSSR count). The lowest BCUT2D eigenvalue weighted by Crippen LogP contribution is -2.31. The molecule has 1 aliphatic rings. The number of hydrogen-bond acceptors (Lipinski definition) is 3. The molecule has 1 aliphatic heterocycles. The monoisotopic (exact) mass is 285 g/mol. The SMILES string of the molecule is CCn1nc(C)c(Cl)c1CN1CCC(C)(C(=O)O)C1. The first-order valence-electron chi connectivity index (χ1n) is 6.55. The number of aromatic nitrogens is 2. The van der Waals surface area contributed by atoms with Crippen LogP contribution in [0.4, 0.5) is 0 Å². The highest BCUT2D eigenvalue weighted by Crippen LogP contribution is 2.32. The molecular formula is C13H20ClN3O2. The van der Waals surface area contributed by atoms with E-state index in [2.05, 4.69) is 10.00 Å². The predicted octanol–water partition coefficient (Wildman–Crippen LogP) is 2.16. The molecule has 0 spiro atoms. The molecule has 0 saturated carbocycles. The van der Waals surface area contributed by atoms with Crippen molar-refractivity contribution in [2.24, 2.45) is 5.41 Å². The highest BCUT2D eigenvalue weighted by Gasteiger charge is 2.40. The lowest BCUT2D eigenvalue weighted by molar-refractivity contribution is -0.147. The third-order valence-electron chi connectivity index (χ3n) is 3.89. The Balaban J connectivity index is 2.13. The van der Waals surface area contributed by atoms with E-state index in [0.29, 0.717) is 24.5 Å². The Morgan fingerprint density at radius 3 is 2.79 bits per heavy atom. The average molecular weight is 286 g/mol. The second-order valence-corrected chi connectivity index (χ2v) is 5.87.